The van der Waals surface area contributed by atoms with Crippen LogP contribution in [-0.2, 0) is 4.79 Å². The summed E-state index contributed by atoms with van der Waals surface area (Å²) in [4.78, 5) is 11.0. The molecular weight excluding hydrogens is 171 g/mol. The number of hydrogen-bond acceptors (Lipinski definition) is 1. The summed E-state index contributed by atoms with van der Waals surface area (Å²) in [7, 11) is 0. The lowest BCUT2D eigenvalue weighted by atomic mass is 10.1. The van der Waals surface area contributed by atoms with Gasteiger partial charge in [0.2, 0.25) is 0 Å². The van der Waals surface area contributed by atoms with Crippen molar-refractivity contribution in [2.75, 3.05) is 0 Å². The van der Waals surface area contributed by atoms with Crippen LogP contribution in [-0.4, -0.2) is 11.2 Å². The first-order chi connectivity index (χ1) is 4.29. The fourth-order valence-electron chi connectivity index (χ4n) is 1.57. The molecule has 1 saturated carbocycles. The van der Waals surface area contributed by atoms with E-state index in [9.17, 15) is 4.79 Å². The summed E-state index contributed by atoms with van der Waals surface area (Å²) in [5, 5.41) is -0.208. The number of ketones is 1. The predicted molar refractivity (Wildman–Crippen MR) is 42.6 cm³/mol. The molecule has 56 valence electrons. The Kier molecular flexibility index (Phi) is 2.07. The maximum absolute atomic E-state index is 11.0. The number of carbonyl (C=O) groups excluding carboxylic acids is 1. The Morgan fingerprint density at radius 2 is 2.20 bits per heavy atom. The maximum Gasteiger partial charge on any atom is 0.158 e. The van der Waals surface area contributed by atoms with Crippen molar-refractivity contribution in [1.29, 1.82) is 0 Å². The van der Waals surface area contributed by atoms with Crippen LogP contribution in [0.25, 0.3) is 0 Å². The third-order valence-corrected chi connectivity index (χ3v) is 2.67. The molecule has 0 amide bonds. The molecule has 3 atom stereocenters. The Hall–Kier alpha value is -0.0100. The third kappa shape index (κ3) is 0.886. The second kappa shape index (κ2) is 2.55. The first-order valence-corrected chi connectivity index (χ1v) is 3.59. The highest BCUT2D eigenvalue weighted by molar-refractivity contribution is 6.33. The van der Waals surface area contributed by atoms with Gasteiger partial charge in [0, 0.05) is 11.8 Å². The molecule has 2 bridgehead atoms. The summed E-state index contributed by atoms with van der Waals surface area (Å²) in [6, 6.07) is 0. The van der Waals surface area contributed by atoms with E-state index in [2.05, 4.69) is 6.08 Å². The van der Waals surface area contributed by atoms with Crippen molar-refractivity contribution >= 4 is 29.8 Å². The highest BCUT2D eigenvalue weighted by Crippen LogP contribution is 2.39. The van der Waals surface area contributed by atoms with Crippen LogP contribution in [0.2, 0.25) is 0 Å². The molecule has 0 spiro atoms. The molecule has 10 heavy (non-hydrogen) atoms. The smallest absolute Gasteiger partial charge is 0.158 e. The number of fused-ring (bicyclic) bond motifs is 2. The van der Waals surface area contributed by atoms with E-state index >= 15 is 0 Å². The SMILES string of the molecule is Cl.O=C1C2C=CC(C2)C1Cl. The molecule has 0 radical (unpaired) electrons. The van der Waals surface area contributed by atoms with Crippen LogP contribution in [0.1, 0.15) is 6.42 Å². The molecular formula is C7H8Cl2O. The van der Waals surface area contributed by atoms with Crippen LogP contribution in [0.15, 0.2) is 12.2 Å². The van der Waals surface area contributed by atoms with Crippen LogP contribution < -0.4 is 0 Å². The van der Waals surface area contributed by atoms with Gasteiger partial charge >= 0.3 is 0 Å². The van der Waals surface area contributed by atoms with Gasteiger partial charge in [-0.2, -0.15) is 0 Å². The van der Waals surface area contributed by atoms with Gasteiger partial charge in [-0.05, 0) is 6.42 Å². The monoisotopic (exact) mass is 178 g/mol. The third-order valence-electron chi connectivity index (χ3n) is 2.13. The molecule has 1 fully saturated rings. The van der Waals surface area contributed by atoms with Crippen molar-refractivity contribution in [2.45, 2.75) is 11.8 Å². The number of carbonyl (C=O) groups is 1. The second-order valence-electron chi connectivity index (χ2n) is 2.70. The Morgan fingerprint density at radius 1 is 1.50 bits per heavy atom. The minimum absolute atomic E-state index is 0. The molecule has 3 heteroatoms. The van der Waals surface area contributed by atoms with Crippen LogP contribution in [0, 0.1) is 11.8 Å². The molecule has 2 rings (SSSR count). The number of halogens is 2. The normalized spacial score (nSPS) is 42.1. The van der Waals surface area contributed by atoms with Gasteiger partial charge in [-0.15, -0.1) is 24.0 Å². The van der Waals surface area contributed by atoms with Gasteiger partial charge < -0.3 is 0 Å². The lowest BCUT2D eigenvalue weighted by Crippen LogP contribution is -2.18. The van der Waals surface area contributed by atoms with Gasteiger partial charge in [0.1, 0.15) is 0 Å². The first-order valence-electron chi connectivity index (χ1n) is 3.15. The van der Waals surface area contributed by atoms with E-state index in [-0.39, 0.29) is 29.5 Å². The van der Waals surface area contributed by atoms with E-state index < -0.39 is 0 Å². The fraction of sp³-hybridized carbons (Fsp3) is 0.571. The van der Waals surface area contributed by atoms with E-state index in [1.54, 1.807) is 0 Å². The average molecular weight is 179 g/mol. The number of hydrogen-bond donors (Lipinski definition) is 0. The summed E-state index contributed by atoms with van der Waals surface area (Å²) in [5.41, 5.74) is 0. The highest BCUT2D eigenvalue weighted by atomic mass is 35.5. The highest BCUT2D eigenvalue weighted by Gasteiger charge is 2.41. The van der Waals surface area contributed by atoms with Crippen molar-refractivity contribution in [3.05, 3.63) is 12.2 Å². The minimum Gasteiger partial charge on any atom is -0.297 e. The van der Waals surface area contributed by atoms with E-state index in [0.717, 1.165) is 6.42 Å². The molecule has 2 aliphatic carbocycles. The lowest BCUT2D eigenvalue weighted by Gasteiger charge is -2.06. The second-order valence-corrected chi connectivity index (χ2v) is 3.17. The Labute approximate surface area is 70.8 Å². The summed E-state index contributed by atoms with van der Waals surface area (Å²) in [5.74, 6) is 0.742. The Morgan fingerprint density at radius 3 is 2.50 bits per heavy atom. The van der Waals surface area contributed by atoms with Crippen molar-refractivity contribution in [3.8, 4) is 0 Å². The van der Waals surface area contributed by atoms with Gasteiger partial charge in [-0.3, -0.25) is 4.79 Å². The minimum atomic E-state index is -0.208. The molecule has 0 saturated heterocycles. The molecule has 2 aliphatic rings. The summed E-state index contributed by atoms with van der Waals surface area (Å²) < 4.78 is 0. The van der Waals surface area contributed by atoms with Crippen LogP contribution in [0.3, 0.4) is 0 Å². The van der Waals surface area contributed by atoms with Crippen molar-refractivity contribution in [2.24, 2.45) is 11.8 Å². The van der Waals surface area contributed by atoms with E-state index in [1.807, 2.05) is 6.08 Å². The zero-order chi connectivity index (χ0) is 6.43. The molecule has 0 N–H and O–H groups in total. The number of rotatable bonds is 0. The number of alkyl halides is 1. The number of allylic oxidation sites excluding steroid dienone is 2. The molecule has 0 aromatic carbocycles. The summed E-state index contributed by atoms with van der Waals surface area (Å²) in [6.07, 6.45) is 5.00. The van der Waals surface area contributed by atoms with Gasteiger partial charge in [0.15, 0.2) is 5.78 Å². The topological polar surface area (TPSA) is 17.1 Å². The van der Waals surface area contributed by atoms with Crippen LogP contribution >= 0.6 is 24.0 Å². The average Bonchev–Trinajstić information content (AvgIpc) is 2.37. The first kappa shape index (κ1) is 8.09. The van der Waals surface area contributed by atoms with Crippen molar-refractivity contribution in [1.82, 2.24) is 0 Å². The van der Waals surface area contributed by atoms with E-state index in [4.69, 9.17) is 11.6 Å². The number of Topliss-reactive ketones (excluding diaryl/α,β-unsaturated/α-hetero) is 1. The largest absolute Gasteiger partial charge is 0.297 e. The van der Waals surface area contributed by atoms with Gasteiger partial charge in [-0.1, -0.05) is 12.2 Å². The fourth-order valence-corrected chi connectivity index (χ4v) is 1.92. The van der Waals surface area contributed by atoms with E-state index in [1.165, 1.54) is 0 Å². The van der Waals surface area contributed by atoms with E-state index in [0.29, 0.717) is 5.92 Å². The summed E-state index contributed by atoms with van der Waals surface area (Å²) >= 11 is 5.76. The maximum atomic E-state index is 11.0. The van der Waals surface area contributed by atoms with Gasteiger partial charge in [-0.25, -0.2) is 0 Å². The molecule has 0 heterocycles. The summed E-state index contributed by atoms with van der Waals surface area (Å²) in [6.45, 7) is 0. The zero-order valence-electron chi connectivity index (χ0n) is 5.29. The molecule has 3 unspecified atom stereocenters. The molecule has 0 aromatic rings. The Bertz CT molecular complexity index is 188. The zero-order valence-corrected chi connectivity index (χ0v) is 6.86. The molecule has 1 nitrogen and oxygen atoms in total. The standard InChI is InChI=1S/C7H7ClO.ClH/c8-6-4-1-2-5(3-4)7(6)9;/h1-2,4-6H,3H2;1H. The van der Waals surface area contributed by atoms with Gasteiger partial charge in [0.05, 0.1) is 5.38 Å². The molecule has 0 aliphatic heterocycles. The van der Waals surface area contributed by atoms with Crippen molar-refractivity contribution in [3.63, 3.8) is 0 Å². The van der Waals surface area contributed by atoms with Crippen LogP contribution in [0.4, 0.5) is 0 Å². The predicted octanol–water partition coefficient (Wildman–Crippen LogP) is 1.79. The van der Waals surface area contributed by atoms with Crippen molar-refractivity contribution < 1.29 is 4.79 Å². The lowest BCUT2D eigenvalue weighted by molar-refractivity contribution is -0.119. The quantitative estimate of drug-likeness (QED) is 0.409. The van der Waals surface area contributed by atoms with Crippen LogP contribution in [0.5, 0.6) is 0 Å². The Balaban J connectivity index is 0.000000500. The molecule has 0 aromatic heterocycles. The van der Waals surface area contributed by atoms with Gasteiger partial charge in [0.25, 0.3) is 0 Å².